The molecule has 2 amide bonds. The van der Waals surface area contributed by atoms with E-state index >= 15 is 0 Å². The van der Waals surface area contributed by atoms with E-state index in [1.807, 2.05) is 13.8 Å². The fraction of sp³-hybridized carbons (Fsp3) is 0.500. The van der Waals surface area contributed by atoms with Gasteiger partial charge in [-0.2, -0.15) is 0 Å². The van der Waals surface area contributed by atoms with Gasteiger partial charge in [-0.25, -0.2) is 0 Å². The van der Waals surface area contributed by atoms with E-state index in [4.69, 9.17) is 10.8 Å². The van der Waals surface area contributed by atoms with E-state index < -0.39 is 11.9 Å². The summed E-state index contributed by atoms with van der Waals surface area (Å²) in [7, 11) is 0. The third-order valence-corrected chi connectivity index (χ3v) is 4.25. The first-order valence-electron chi connectivity index (χ1n) is 6.65. The van der Waals surface area contributed by atoms with Crippen LogP contribution in [0.3, 0.4) is 0 Å². The molecule has 1 atom stereocenters. The van der Waals surface area contributed by atoms with Crippen LogP contribution in [0.4, 0.5) is 5.00 Å². The highest BCUT2D eigenvalue weighted by atomic mass is 32.1. The summed E-state index contributed by atoms with van der Waals surface area (Å²) in [6.07, 6.45) is 0.0111. The summed E-state index contributed by atoms with van der Waals surface area (Å²) >= 11 is 1.32. The molecule has 0 bridgehead atoms. The molecule has 0 spiro atoms. The van der Waals surface area contributed by atoms with Crippen molar-refractivity contribution in [3.63, 3.8) is 0 Å². The van der Waals surface area contributed by atoms with Crippen molar-refractivity contribution in [2.45, 2.75) is 39.5 Å². The van der Waals surface area contributed by atoms with Gasteiger partial charge in [-0.3, -0.25) is 14.4 Å². The third-order valence-electron chi connectivity index (χ3n) is 2.90. The summed E-state index contributed by atoms with van der Waals surface area (Å²) in [5.74, 6) is -1.89. The van der Waals surface area contributed by atoms with Crippen LogP contribution in [0.1, 0.15) is 54.8 Å². The number of rotatable bonds is 7. The molecule has 1 heterocycles. The maximum absolute atomic E-state index is 11.9. The van der Waals surface area contributed by atoms with Gasteiger partial charge in [0.2, 0.25) is 5.91 Å². The van der Waals surface area contributed by atoms with Crippen LogP contribution in [0.25, 0.3) is 0 Å². The number of carbonyl (C=O) groups is 3. The highest BCUT2D eigenvalue weighted by Gasteiger charge is 2.19. The molecule has 4 N–H and O–H groups in total. The zero-order valence-electron chi connectivity index (χ0n) is 12.3. The summed E-state index contributed by atoms with van der Waals surface area (Å²) in [5, 5.41) is 11.8. The molecule has 1 aromatic heterocycles. The minimum atomic E-state index is -0.939. The van der Waals surface area contributed by atoms with Crippen LogP contribution in [-0.4, -0.2) is 22.9 Å². The van der Waals surface area contributed by atoms with Crippen molar-refractivity contribution in [1.82, 2.24) is 0 Å². The number of hydrogen-bond donors (Lipinski definition) is 3. The van der Waals surface area contributed by atoms with Gasteiger partial charge in [0, 0.05) is 17.7 Å². The fourth-order valence-corrected chi connectivity index (χ4v) is 2.92. The molecule has 0 aliphatic rings. The zero-order chi connectivity index (χ0) is 16.2. The number of carbonyl (C=O) groups excluding carboxylic acids is 2. The van der Waals surface area contributed by atoms with Gasteiger partial charge in [-0.05, 0) is 17.9 Å². The Balaban J connectivity index is 2.79. The Bertz CT molecular complexity index is 551. The number of carboxylic acids is 1. The van der Waals surface area contributed by atoms with Crippen molar-refractivity contribution in [2.24, 2.45) is 11.7 Å². The maximum atomic E-state index is 11.9. The normalized spacial score (nSPS) is 12.2. The van der Waals surface area contributed by atoms with Crippen LogP contribution in [0.2, 0.25) is 0 Å². The van der Waals surface area contributed by atoms with Crippen molar-refractivity contribution >= 4 is 34.1 Å². The van der Waals surface area contributed by atoms with E-state index in [0.717, 1.165) is 4.88 Å². The number of aliphatic carboxylic acids is 1. The zero-order valence-corrected chi connectivity index (χ0v) is 13.1. The van der Waals surface area contributed by atoms with Crippen LogP contribution in [0.15, 0.2) is 6.07 Å². The van der Waals surface area contributed by atoms with Crippen molar-refractivity contribution in [1.29, 1.82) is 0 Å². The molecule has 0 saturated carbocycles. The molecule has 1 rings (SSSR count). The minimum Gasteiger partial charge on any atom is -0.481 e. The molecule has 0 aromatic carbocycles. The molecule has 0 fully saturated rings. The van der Waals surface area contributed by atoms with Crippen LogP contribution in [-0.2, 0) is 9.59 Å². The summed E-state index contributed by atoms with van der Waals surface area (Å²) < 4.78 is 0. The monoisotopic (exact) mass is 312 g/mol. The quantitative estimate of drug-likeness (QED) is 0.718. The summed E-state index contributed by atoms with van der Waals surface area (Å²) in [4.78, 5) is 34.9. The average Bonchev–Trinajstić information content (AvgIpc) is 2.71. The lowest BCUT2D eigenvalue weighted by Gasteiger charge is -2.09. The SMILES string of the molecule is CC(CC(=O)O)CC(=O)Nc1sc(C(C)C)cc1C(N)=O. The van der Waals surface area contributed by atoms with E-state index in [2.05, 4.69) is 5.32 Å². The Labute approximate surface area is 127 Å². The highest BCUT2D eigenvalue weighted by molar-refractivity contribution is 7.16. The molecule has 0 aliphatic heterocycles. The van der Waals surface area contributed by atoms with E-state index in [1.165, 1.54) is 11.3 Å². The van der Waals surface area contributed by atoms with E-state index in [0.29, 0.717) is 10.6 Å². The smallest absolute Gasteiger partial charge is 0.303 e. The number of carboxylic acid groups (broad SMARTS) is 1. The Morgan fingerprint density at radius 2 is 1.90 bits per heavy atom. The van der Waals surface area contributed by atoms with Gasteiger partial charge in [-0.15, -0.1) is 11.3 Å². The molecule has 1 aromatic rings. The second kappa shape index (κ2) is 7.21. The lowest BCUT2D eigenvalue weighted by Crippen LogP contribution is -2.19. The number of hydrogen-bond acceptors (Lipinski definition) is 4. The lowest BCUT2D eigenvalue weighted by atomic mass is 10.0. The van der Waals surface area contributed by atoms with Crippen molar-refractivity contribution in [3.8, 4) is 0 Å². The van der Waals surface area contributed by atoms with Gasteiger partial charge in [0.05, 0.1) is 5.56 Å². The largest absolute Gasteiger partial charge is 0.481 e. The summed E-state index contributed by atoms with van der Waals surface area (Å²) in [6, 6.07) is 1.69. The number of amides is 2. The fourth-order valence-electron chi connectivity index (χ4n) is 1.83. The Morgan fingerprint density at radius 1 is 1.29 bits per heavy atom. The first-order valence-corrected chi connectivity index (χ1v) is 7.47. The first-order chi connectivity index (χ1) is 9.70. The molecule has 116 valence electrons. The Kier molecular flexibility index (Phi) is 5.90. The van der Waals surface area contributed by atoms with Crippen LogP contribution >= 0.6 is 11.3 Å². The van der Waals surface area contributed by atoms with E-state index in [9.17, 15) is 14.4 Å². The van der Waals surface area contributed by atoms with Crippen LogP contribution in [0, 0.1) is 5.92 Å². The molecular weight excluding hydrogens is 292 g/mol. The van der Waals surface area contributed by atoms with Crippen molar-refractivity contribution in [2.75, 3.05) is 5.32 Å². The van der Waals surface area contributed by atoms with Crippen molar-refractivity contribution < 1.29 is 19.5 Å². The van der Waals surface area contributed by atoms with Gasteiger partial charge in [0.15, 0.2) is 0 Å². The van der Waals surface area contributed by atoms with Gasteiger partial charge in [0.25, 0.3) is 5.91 Å². The lowest BCUT2D eigenvalue weighted by molar-refractivity contribution is -0.138. The van der Waals surface area contributed by atoms with E-state index in [1.54, 1.807) is 13.0 Å². The number of anilines is 1. The molecular formula is C14H20N2O4S. The molecule has 0 radical (unpaired) electrons. The van der Waals surface area contributed by atoms with Crippen LogP contribution < -0.4 is 11.1 Å². The van der Waals surface area contributed by atoms with Gasteiger partial charge < -0.3 is 16.2 Å². The summed E-state index contributed by atoms with van der Waals surface area (Å²) in [5.41, 5.74) is 5.60. The van der Waals surface area contributed by atoms with Gasteiger partial charge >= 0.3 is 5.97 Å². The summed E-state index contributed by atoms with van der Waals surface area (Å²) in [6.45, 7) is 5.66. The Hall–Kier alpha value is -1.89. The van der Waals surface area contributed by atoms with Crippen LogP contribution in [0.5, 0.6) is 0 Å². The molecule has 21 heavy (non-hydrogen) atoms. The predicted molar refractivity (Wildman–Crippen MR) is 81.6 cm³/mol. The third kappa shape index (κ3) is 5.18. The van der Waals surface area contributed by atoms with E-state index in [-0.39, 0.29) is 30.6 Å². The highest BCUT2D eigenvalue weighted by Crippen LogP contribution is 2.32. The van der Waals surface area contributed by atoms with Gasteiger partial charge in [0.1, 0.15) is 5.00 Å². The predicted octanol–water partition coefficient (Wildman–Crippen LogP) is 2.41. The number of primary amides is 1. The molecule has 6 nitrogen and oxygen atoms in total. The standard InChI is InChI=1S/C14H20N2O4S/c1-7(2)10-6-9(13(15)20)14(21-10)16-11(17)4-8(3)5-12(18)19/h6-8H,4-5H2,1-3H3,(H2,15,20)(H,16,17)(H,18,19). The average molecular weight is 312 g/mol. The molecule has 0 saturated heterocycles. The minimum absolute atomic E-state index is 0.0716. The second-order valence-electron chi connectivity index (χ2n) is 5.37. The Morgan fingerprint density at radius 3 is 2.38 bits per heavy atom. The van der Waals surface area contributed by atoms with Crippen molar-refractivity contribution in [3.05, 3.63) is 16.5 Å². The number of nitrogens with two attached hydrogens (primary N) is 1. The number of nitrogens with one attached hydrogen (secondary N) is 1. The molecule has 7 heteroatoms. The first kappa shape index (κ1) is 17.2. The second-order valence-corrected chi connectivity index (χ2v) is 6.45. The number of thiophene rings is 1. The molecule has 0 aliphatic carbocycles. The molecule has 1 unspecified atom stereocenters. The van der Waals surface area contributed by atoms with Gasteiger partial charge in [-0.1, -0.05) is 20.8 Å². The topological polar surface area (TPSA) is 109 Å². The maximum Gasteiger partial charge on any atom is 0.303 e.